The molecule has 21 heavy (non-hydrogen) atoms. The van der Waals surface area contributed by atoms with E-state index in [1.807, 2.05) is 12.1 Å². The lowest BCUT2D eigenvalue weighted by Crippen LogP contribution is -2.49. The second-order valence-electron chi connectivity index (χ2n) is 5.86. The van der Waals surface area contributed by atoms with E-state index in [4.69, 9.17) is 4.74 Å². The molecule has 0 spiro atoms. The first-order valence-electron chi connectivity index (χ1n) is 7.74. The number of anilines is 1. The summed E-state index contributed by atoms with van der Waals surface area (Å²) in [7, 11) is 0. The number of piperidine rings is 1. The third kappa shape index (κ3) is 2.98. The number of para-hydroxylation sites is 2. The molecule has 116 valence electrons. The lowest BCUT2D eigenvalue weighted by atomic mass is 9.96. The highest BCUT2D eigenvalue weighted by Gasteiger charge is 2.41. The number of fused-ring (bicyclic) bond motifs is 2. The fourth-order valence-corrected chi connectivity index (χ4v) is 3.89. The van der Waals surface area contributed by atoms with Crippen molar-refractivity contribution in [3.63, 3.8) is 0 Å². The molecule has 2 bridgehead atoms. The van der Waals surface area contributed by atoms with Crippen molar-refractivity contribution < 1.29 is 13.5 Å². The molecule has 2 atom stereocenters. The third-order valence-corrected chi connectivity index (χ3v) is 4.59. The fraction of sp³-hybridized carbons (Fsp3) is 0.625. The Balaban J connectivity index is 1.82. The molecule has 0 aliphatic carbocycles. The molecule has 0 amide bonds. The van der Waals surface area contributed by atoms with Crippen LogP contribution in [-0.2, 0) is 0 Å². The molecule has 2 unspecified atom stereocenters. The lowest BCUT2D eigenvalue weighted by Gasteiger charge is -2.41. The number of hydrogen-bond acceptors (Lipinski definition) is 3. The Morgan fingerprint density at radius 2 is 1.90 bits per heavy atom. The van der Waals surface area contributed by atoms with E-state index in [0.717, 1.165) is 37.9 Å². The van der Waals surface area contributed by atoms with Gasteiger partial charge in [-0.1, -0.05) is 19.1 Å². The van der Waals surface area contributed by atoms with Crippen molar-refractivity contribution in [1.29, 1.82) is 0 Å². The van der Waals surface area contributed by atoms with Crippen LogP contribution in [0.15, 0.2) is 24.3 Å². The average Bonchev–Trinajstić information content (AvgIpc) is 2.71. The van der Waals surface area contributed by atoms with E-state index in [-0.39, 0.29) is 0 Å². The van der Waals surface area contributed by atoms with Gasteiger partial charge >= 0.3 is 6.61 Å². The summed E-state index contributed by atoms with van der Waals surface area (Å²) in [5, 5.41) is 3.53. The van der Waals surface area contributed by atoms with Crippen LogP contribution in [0.2, 0.25) is 0 Å². The van der Waals surface area contributed by atoms with Crippen LogP contribution in [0.5, 0.6) is 5.75 Å². The summed E-state index contributed by atoms with van der Waals surface area (Å²) in [6.07, 6.45) is 4.42. The van der Waals surface area contributed by atoms with E-state index in [2.05, 4.69) is 17.1 Å². The molecule has 2 fully saturated rings. The minimum Gasteiger partial charge on any atom is -0.433 e. The molecular weight excluding hydrogens is 274 g/mol. The number of nitrogens with one attached hydrogen (secondary N) is 1. The summed E-state index contributed by atoms with van der Waals surface area (Å²) >= 11 is 0. The molecule has 0 radical (unpaired) electrons. The number of rotatable bonds is 5. The van der Waals surface area contributed by atoms with Crippen LogP contribution in [-0.4, -0.2) is 31.3 Å². The van der Waals surface area contributed by atoms with E-state index in [0.29, 0.717) is 23.9 Å². The number of nitrogens with zero attached hydrogens (tertiary/aromatic N) is 1. The Bertz CT molecular complexity index is 469. The van der Waals surface area contributed by atoms with Crippen LogP contribution in [0, 0.1) is 0 Å². The third-order valence-electron chi connectivity index (χ3n) is 4.59. The van der Waals surface area contributed by atoms with Crippen molar-refractivity contribution in [3.05, 3.63) is 24.3 Å². The van der Waals surface area contributed by atoms with Gasteiger partial charge in [-0.2, -0.15) is 8.78 Å². The molecule has 3 nitrogen and oxygen atoms in total. The van der Waals surface area contributed by atoms with Crippen LogP contribution in [0.3, 0.4) is 0 Å². The quantitative estimate of drug-likeness (QED) is 0.901. The van der Waals surface area contributed by atoms with Gasteiger partial charge in [0, 0.05) is 18.1 Å². The second kappa shape index (κ2) is 6.18. The van der Waals surface area contributed by atoms with Crippen LogP contribution >= 0.6 is 0 Å². The number of hydrogen-bond donors (Lipinski definition) is 1. The highest BCUT2D eigenvalue weighted by atomic mass is 19.3. The van der Waals surface area contributed by atoms with Gasteiger partial charge in [0.05, 0.1) is 5.69 Å². The fourth-order valence-electron chi connectivity index (χ4n) is 3.89. The highest BCUT2D eigenvalue weighted by Crippen LogP contribution is 2.43. The van der Waals surface area contributed by atoms with Gasteiger partial charge in [0.15, 0.2) is 0 Å². The van der Waals surface area contributed by atoms with Crippen molar-refractivity contribution in [2.75, 3.05) is 11.4 Å². The normalized spacial score (nSPS) is 28.2. The van der Waals surface area contributed by atoms with Crippen molar-refractivity contribution in [2.24, 2.45) is 0 Å². The van der Waals surface area contributed by atoms with Crippen molar-refractivity contribution >= 4 is 5.69 Å². The molecule has 1 aromatic rings. The molecule has 2 saturated heterocycles. The first-order chi connectivity index (χ1) is 10.2. The summed E-state index contributed by atoms with van der Waals surface area (Å²) in [6, 6.07) is 8.57. The van der Waals surface area contributed by atoms with E-state index in [1.54, 1.807) is 12.1 Å². The summed E-state index contributed by atoms with van der Waals surface area (Å²) in [5.41, 5.74) is 0.820. The molecule has 1 N–H and O–H groups in total. The van der Waals surface area contributed by atoms with E-state index in [9.17, 15) is 8.78 Å². The van der Waals surface area contributed by atoms with Crippen LogP contribution in [0.1, 0.15) is 32.6 Å². The van der Waals surface area contributed by atoms with E-state index < -0.39 is 6.61 Å². The minimum atomic E-state index is -2.77. The minimum absolute atomic E-state index is 0.298. The van der Waals surface area contributed by atoms with E-state index >= 15 is 0 Å². The topological polar surface area (TPSA) is 24.5 Å². The summed E-state index contributed by atoms with van der Waals surface area (Å²) in [5.74, 6) is 0.298. The standard InChI is InChI=1S/C16H22F2N2O/c1-2-19-11-9-12-7-8-13(10-11)20(12)14-5-3-4-6-15(14)21-16(17)18/h3-6,11-13,16,19H,2,7-10H2,1H3. The maximum atomic E-state index is 12.6. The molecule has 2 aliphatic rings. The van der Waals surface area contributed by atoms with Crippen LogP contribution < -0.4 is 15.0 Å². The van der Waals surface area contributed by atoms with Crippen LogP contribution in [0.4, 0.5) is 14.5 Å². The molecule has 3 rings (SSSR count). The molecule has 2 aliphatic heterocycles. The monoisotopic (exact) mass is 296 g/mol. The Labute approximate surface area is 124 Å². The highest BCUT2D eigenvalue weighted by molar-refractivity contribution is 5.61. The summed E-state index contributed by atoms with van der Waals surface area (Å²) in [6.45, 7) is 0.331. The smallest absolute Gasteiger partial charge is 0.387 e. The zero-order chi connectivity index (χ0) is 14.8. The second-order valence-corrected chi connectivity index (χ2v) is 5.86. The Morgan fingerprint density at radius 1 is 1.24 bits per heavy atom. The zero-order valence-corrected chi connectivity index (χ0v) is 12.3. The Kier molecular flexibility index (Phi) is 4.29. The van der Waals surface area contributed by atoms with Gasteiger partial charge in [-0.25, -0.2) is 0 Å². The van der Waals surface area contributed by atoms with Gasteiger partial charge in [-0.3, -0.25) is 0 Å². The maximum Gasteiger partial charge on any atom is 0.387 e. The zero-order valence-electron chi connectivity index (χ0n) is 12.3. The molecule has 1 aromatic carbocycles. The van der Waals surface area contributed by atoms with Crippen molar-refractivity contribution in [3.8, 4) is 5.75 Å². The van der Waals surface area contributed by atoms with E-state index in [1.165, 1.54) is 0 Å². The average molecular weight is 296 g/mol. The number of benzene rings is 1. The molecule has 5 heteroatoms. The predicted octanol–water partition coefficient (Wildman–Crippen LogP) is 3.40. The molecule has 0 saturated carbocycles. The van der Waals surface area contributed by atoms with Gasteiger partial charge in [0.1, 0.15) is 5.75 Å². The summed E-state index contributed by atoms with van der Waals surface area (Å²) in [4.78, 5) is 2.31. The van der Waals surface area contributed by atoms with Gasteiger partial charge < -0.3 is 15.0 Å². The molecular formula is C16H22F2N2O. The van der Waals surface area contributed by atoms with Gasteiger partial charge in [-0.15, -0.1) is 0 Å². The van der Waals surface area contributed by atoms with Gasteiger partial charge in [0.2, 0.25) is 0 Å². The van der Waals surface area contributed by atoms with Crippen LogP contribution in [0.25, 0.3) is 0 Å². The molecule has 2 heterocycles. The SMILES string of the molecule is CCNC1CC2CCC(C1)N2c1ccccc1OC(F)F. The van der Waals surface area contributed by atoms with Crippen molar-refractivity contribution in [2.45, 2.75) is 57.3 Å². The maximum absolute atomic E-state index is 12.6. The summed E-state index contributed by atoms with van der Waals surface area (Å²) < 4.78 is 29.9. The number of alkyl halides is 2. The largest absolute Gasteiger partial charge is 0.433 e. The van der Waals surface area contributed by atoms with Gasteiger partial charge in [0.25, 0.3) is 0 Å². The van der Waals surface area contributed by atoms with Crippen molar-refractivity contribution in [1.82, 2.24) is 5.32 Å². The Hall–Kier alpha value is -1.36. The number of ether oxygens (including phenoxy) is 1. The molecule has 0 aromatic heterocycles. The Morgan fingerprint density at radius 3 is 2.52 bits per heavy atom. The predicted molar refractivity (Wildman–Crippen MR) is 79.1 cm³/mol. The number of halogens is 2. The lowest BCUT2D eigenvalue weighted by molar-refractivity contribution is -0.0496. The first kappa shape index (κ1) is 14.6. The first-order valence-corrected chi connectivity index (χ1v) is 7.74. The van der Waals surface area contributed by atoms with Gasteiger partial charge in [-0.05, 0) is 44.4 Å².